The minimum absolute atomic E-state index is 0.388. The summed E-state index contributed by atoms with van der Waals surface area (Å²) in [5, 5.41) is 0. The number of aromatic nitrogens is 1. The van der Waals surface area contributed by atoms with Crippen LogP contribution in [0.25, 0.3) is 0 Å². The van der Waals surface area contributed by atoms with Crippen LogP contribution in [0.5, 0.6) is 0 Å². The summed E-state index contributed by atoms with van der Waals surface area (Å²) < 4.78 is 0. The lowest BCUT2D eigenvalue weighted by Crippen LogP contribution is -2.47. The summed E-state index contributed by atoms with van der Waals surface area (Å²) in [5.41, 5.74) is 7.68. The van der Waals surface area contributed by atoms with E-state index in [9.17, 15) is 0 Å². The Bertz CT molecular complexity index is 472. The third kappa shape index (κ3) is 2.59. The molecule has 3 rings (SSSR count). The Hall–Kier alpha value is -1.16. The van der Waals surface area contributed by atoms with E-state index in [1.54, 1.807) is 0 Å². The highest BCUT2D eigenvalue weighted by atomic mass is 32.1. The van der Waals surface area contributed by atoms with Gasteiger partial charge in [0, 0.05) is 24.5 Å². The SMILES string of the molecule is NC(=S)c1cc(N2CCC[C@H]3CCCC[C@H]32)ccn1. The molecule has 2 N–H and O–H groups in total. The van der Waals surface area contributed by atoms with Crippen LogP contribution in [-0.2, 0) is 0 Å². The zero-order chi connectivity index (χ0) is 13.2. The van der Waals surface area contributed by atoms with E-state index in [1.807, 2.05) is 6.20 Å². The minimum atomic E-state index is 0.388. The first kappa shape index (κ1) is 12.9. The minimum Gasteiger partial charge on any atom is -0.388 e. The summed E-state index contributed by atoms with van der Waals surface area (Å²) >= 11 is 5.03. The fourth-order valence-corrected chi connectivity index (χ4v) is 3.79. The highest BCUT2D eigenvalue weighted by molar-refractivity contribution is 7.80. The molecule has 4 heteroatoms. The molecule has 1 saturated heterocycles. The standard InChI is InChI=1S/C15H21N3S/c16-15(19)13-10-12(7-8-17-13)18-9-3-5-11-4-1-2-6-14(11)18/h7-8,10-11,14H,1-6,9H2,(H2,16,19)/t11-,14-/m1/s1. The number of thiocarbonyl (C=S) groups is 1. The molecule has 1 aromatic heterocycles. The molecule has 2 fully saturated rings. The van der Waals surface area contributed by atoms with Crippen molar-refractivity contribution in [1.29, 1.82) is 0 Å². The molecule has 0 unspecified atom stereocenters. The van der Waals surface area contributed by atoms with Gasteiger partial charge in [-0.15, -0.1) is 0 Å². The summed E-state index contributed by atoms with van der Waals surface area (Å²) in [6.45, 7) is 1.15. The molecule has 0 aromatic carbocycles. The van der Waals surface area contributed by atoms with Crippen molar-refractivity contribution < 1.29 is 0 Å². The van der Waals surface area contributed by atoms with Crippen LogP contribution in [-0.4, -0.2) is 22.6 Å². The number of nitrogens with zero attached hydrogens (tertiary/aromatic N) is 2. The maximum Gasteiger partial charge on any atom is 0.122 e. The number of pyridine rings is 1. The Morgan fingerprint density at radius 2 is 2.05 bits per heavy atom. The second kappa shape index (κ2) is 5.45. The molecule has 0 bridgehead atoms. The van der Waals surface area contributed by atoms with E-state index in [-0.39, 0.29) is 0 Å². The van der Waals surface area contributed by atoms with Gasteiger partial charge < -0.3 is 10.6 Å². The molecule has 1 saturated carbocycles. The monoisotopic (exact) mass is 275 g/mol. The normalized spacial score (nSPS) is 26.8. The molecule has 19 heavy (non-hydrogen) atoms. The van der Waals surface area contributed by atoms with Crippen molar-refractivity contribution in [2.24, 2.45) is 11.7 Å². The van der Waals surface area contributed by atoms with Crippen molar-refractivity contribution in [1.82, 2.24) is 4.98 Å². The van der Waals surface area contributed by atoms with Crippen molar-refractivity contribution in [2.45, 2.75) is 44.6 Å². The number of hydrogen-bond donors (Lipinski definition) is 1. The van der Waals surface area contributed by atoms with Crippen LogP contribution in [0.3, 0.4) is 0 Å². The quantitative estimate of drug-likeness (QED) is 0.843. The summed E-state index contributed by atoms with van der Waals surface area (Å²) in [6, 6.07) is 4.86. The van der Waals surface area contributed by atoms with Gasteiger partial charge in [0.2, 0.25) is 0 Å². The summed E-state index contributed by atoms with van der Waals surface area (Å²) in [4.78, 5) is 7.20. The summed E-state index contributed by atoms with van der Waals surface area (Å²) in [5.74, 6) is 0.879. The molecule has 0 amide bonds. The molecule has 3 nitrogen and oxygen atoms in total. The first-order valence-electron chi connectivity index (χ1n) is 7.28. The smallest absolute Gasteiger partial charge is 0.122 e. The van der Waals surface area contributed by atoms with Gasteiger partial charge in [0.15, 0.2) is 0 Å². The fraction of sp³-hybridized carbons (Fsp3) is 0.600. The molecule has 0 spiro atoms. The van der Waals surface area contributed by atoms with Gasteiger partial charge in [0.05, 0.1) is 5.69 Å². The Morgan fingerprint density at radius 1 is 1.26 bits per heavy atom. The summed E-state index contributed by atoms with van der Waals surface area (Å²) in [6.07, 6.45) is 10.0. The third-order valence-corrected chi connectivity index (χ3v) is 4.78. The van der Waals surface area contributed by atoms with Gasteiger partial charge in [-0.05, 0) is 43.7 Å². The van der Waals surface area contributed by atoms with E-state index < -0.39 is 0 Å². The first-order chi connectivity index (χ1) is 9.25. The van der Waals surface area contributed by atoms with Crippen LogP contribution in [0.1, 0.15) is 44.2 Å². The fourth-order valence-electron chi connectivity index (χ4n) is 3.68. The van der Waals surface area contributed by atoms with E-state index in [0.717, 1.165) is 18.2 Å². The summed E-state index contributed by atoms with van der Waals surface area (Å²) in [7, 11) is 0. The second-order valence-electron chi connectivity index (χ2n) is 5.71. The predicted molar refractivity (Wildman–Crippen MR) is 82.5 cm³/mol. The van der Waals surface area contributed by atoms with E-state index in [1.165, 1.54) is 44.2 Å². The van der Waals surface area contributed by atoms with Gasteiger partial charge >= 0.3 is 0 Å². The zero-order valence-electron chi connectivity index (χ0n) is 11.2. The van der Waals surface area contributed by atoms with Crippen LogP contribution in [0.2, 0.25) is 0 Å². The third-order valence-electron chi connectivity index (χ3n) is 4.57. The van der Waals surface area contributed by atoms with Crippen LogP contribution < -0.4 is 10.6 Å². The van der Waals surface area contributed by atoms with Gasteiger partial charge in [-0.25, -0.2) is 0 Å². The molecule has 102 valence electrons. The molecular formula is C15H21N3S. The molecule has 2 aliphatic rings. The van der Waals surface area contributed by atoms with Crippen LogP contribution in [0.15, 0.2) is 18.3 Å². The largest absolute Gasteiger partial charge is 0.388 e. The predicted octanol–water partition coefficient (Wildman–Crippen LogP) is 2.87. The lowest BCUT2D eigenvalue weighted by molar-refractivity contribution is 0.244. The number of piperidine rings is 1. The number of hydrogen-bond acceptors (Lipinski definition) is 3. The van der Waals surface area contributed by atoms with Crippen LogP contribution in [0.4, 0.5) is 5.69 Å². The number of anilines is 1. The Balaban J connectivity index is 1.87. The van der Waals surface area contributed by atoms with Gasteiger partial charge in [0.25, 0.3) is 0 Å². The van der Waals surface area contributed by atoms with Crippen molar-refractivity contribution >= 4 is 22.9 Å². The van der Waals surface area contributed by atoms with Crippen molar-refractivity contribution in [3.8, 4) is 0 Å². The Labute approximate surface area is 120 Å². The number of fused-ring (bicyclic) bond motifs is 1. The second-order valence-corrected chi connectivity index (χ2v) is 6.15. The van der Waals surface area contributed by atoms with Crippen LogP contribution >= 0.6 is 12.2 Å². The maximum atomic E-state index is 5.69. The molecule has 1 aliphatic heterocycles. The van der Waals surface area contributed by atoms with Crippen molar-refractivity contribution in [3.05, 3.63) is 24.0 Å². The van der Waals surface area contributed by atoms with E-state index >= 15 is 0 Å². The molecule has 2 atom stereocenters. The lowest BCUT2D eigenvalue weighted by atomic mass is 9.78. The molecular weight excluding hydrogens is 254 g/mol. The first-order valence-corrected chi connectivity index (χ1v) is 7.69. The van der Waals surface area contributed by atoms with Gasteiger partial charge in [-0.1, -0.05) is 25.1 Å². The maximum absolute atomic E-state index is 5.69. The topological polar surface area (TPSA) is 42.1 Å². The number of nitrogens with two attached hydrogens (primary N) is 1. The molecule has 1 aliphatic carbocycles. The van der Waals surface area contributed by atoms with Crippen molar-refractivity contribution in [3.63, 3.8) is 0 Å². The molecule has 0 radical (unpaired) electrons. The average Bonchev–Trinajstić information content (AvgIpc) is 2.47. The molecule has 2 heterocycles. The van der Waals surface area contributed by atoms with E-state index in [0.29, 0.717) is 11.0 Å². The Morgan fingerprint density at radius 3 is 2.89 bits per heavy atom. The van der Waals surface area contributed by atoms with Gasteiger partial charge in [0.1, 0.15) is 4.99 Å². The van der Waals surface area contributed by atoms with E-state index in [4.69, 9.17) is 18.0 Å². The average molecular weight is 275 g/mol. The highest BCUT2D eigenvalue weighted by Gasteiger charge is 2.33. The Kier molecular flexibility index (Phi) is 3.69. The lowest BCUT2D eigenvalue weighted by Gasteiger charge is -2.45. The van der Waals surface area contributed by atoms with E-state index in [2.05, 4.69) is 22.0 Å². The number of rotatable bonds is 2. The van der Waals surface area contributed by atoms with Gasteiger partial charge in [-0.3, -0.25) is 4.98 Å². The van der Waals surface area contributed by atoms with Crippen molar-refractivity contribution in [2.75, 3.05) is 11.4 Å². The zero-order valence-corrected chi connectivity index (χ0v) is 12.0. The highest BCUT2D eigenvalue weighted by Crippen LogP contribution is 2.37. The van der Waals surface area contributed by atoms with Crippen LogP contribution in [0, 0.1) is 5.92 Å². The van der Waals surface area contributed by atoms with Gasteiger partial charge in [-0.2, -0.15) is 0 Å². The molecule has 1 aromatic rings.